The van der Waals surface area contributed by atoms with E-state index in [0.717, 1.165) is 24.0 Å². The number of ketones is 1. The summed E-state index contributed by atoms with van der Waals surface area (Å²) >= 11 is 1.08. The van der Waals surface area contributed by atoms with Gasteiger partial charge in [-0.15, -0.1) is 11.3 Å². The number of carbonyl (C=O) groups is 1. The molecule has 2 aliphatic heterocycles. The van der Waals surface area contributed by atoms with Crippen LogP contribution < -0.4 is 19.7 Å². The minimum atomic E-state index is -4.16. The molecular weight excluding hydrogens is 536 g/mol. The SMILES string of the molecule is CC(C)CCC1(C)CN(c2ccccc2)C(O)C(=C2Nc3scc(CNS(C)(=O)=O)c3S(=O)(=O)N2)C1=O. The first-order chi connectivity index (χ1) is 17.2. The Labute approximate surface area is 221 Å². The number of piperidine rings is 1. The van der Waals surface area contributed by atoms with Crippen molar-refractivity contribution < 1.29 is 26.7 Å². The monoisotopic (exact) mass is 568 g/mol. The van der Waals surface area contributed by atoms with Crippen LogP contribution in [0.2, 0.25) is 0 Å². The second-order valence-corrected chi connectivity index (χ2v) is 14.5. The molecule has 0 aliphatic carbocycles. The quantitative estimate of drug-likeness (QED) is 0.373. The van der Waals surface area contributed by atoms with Crippen LogP contribution in [0.5, 0.6) is 0 Å². The summed E-state index contributed by atoms with van der Waals surface area (Å²) in [5, 5.41) is 16.2. The number of aliphatic hydroxyl groups is 1. The van der Waals surface area contributed by atoms with Crippen molar-refractivity contribution in [2.75, 3.05) is 23.0 Å². The summed E-state index contributed by atoms with van der Waals surface area (Å²) in [6.45, 7) is 6.08. The summed E-state index contributed by atoms with van der Waals surface area (Å²) in [5.41, 5.74) is 0.0631. The molecule has 37 heavy (non-hydrogen) atoms. The van der Waals surface area contributed by atoms with Gasteiger partial charge in [-0.3, -0.25) is 9.52 Å². The molecule has 0 bridgehead atoms. The first-order valence-corrected chi connectivity index (χ1v) is 16.1. The molecule has 4 rings (SSSR count). The maximum absolute atomic E-state index is 13.9. The van der Waals surface area contributed by atoms with Crippen molar-refractivity contribution in [1.82, 2.24) is 9.44 Å². The fourth-order valence-corrected chi connectivity index (χ4v) is 7.70. The number of thiophene rings is 1. The second kappa shape index (κ2) is 10.0. The number of sulfonamides is 2. The highest BCUT2D eigenvalue weighted by Gasteiger charge is 2.48. The third kappa shape index (κ3) is 5.70. The van der Waals surface area contributed by atoms with Crippen LogP contribution in [-0.4, -0.2) is 46.8 Å². The number of carbonyl (C=O) groups excluding carboxylic acids is 1. The number of hydrogen-bond donors (Lipinski definition) is 4. The fraction of sp³-hybridized carbons (Fsp3) is 0.458. The predicted octanol–water partition coefficient (Wildman–Crippen LogP) is 2.56. The van der Waals surface area contributed by atoms with Gasteiger partial charge >= 0.3 is 0 Å². The van der Waals surface area contributed by atoms with E-state index in [1.807, 2.05) is 37.3 Å². The lowest BCUT2D eigenvalue weighted by Gasteiger charge is -2.45. The summed E-state index contributed by atoms with van der Waals surface area (Å²) in [5.74, 6) is -0.0559. The minimum Gasteiger partial charge on any atom is -0.369 e. The number of para-hydroxylation sites is 1. The van der Waals surface area contributed by atoms with E-state index in [1.54, 1.807) is 10.3 Å². The summed E-state index contributed by atoms with van der Waals surface area (Å²) in [4.78, 5) is 15.5. The van der Waals surface area contributed by atoms with Crippen LogP contribution in [0, 0.1) is 11.3 Å². The normalized spacial score (nSPS) is 25.5. The zero-order valence-electron chi connectivity index (χ0n) is 21.1. The van der Waals surface area contributed by atoms with E-state index in [4.69, 9.17) is 0 Å². The van der Waals surface area contributed by atoms with E-state index in [-0.39, 0.29) is 45.7 Å². The van der Waals surface area contributed by atoms with E-state index < -0.39 is 31.7 Å². The first-order valence-electron chi connectivity index (χ1n) is 11.9. The highest BCUT2D eigenvalue weighted by atomic mass is 32.2. The molecule has 1 saturated heterocycles. The molecule has 2 unspecified atom stereocenters. The molecule has 2 aliphatic rings. The van der Waals surface area contributed by atoms with Crippen LogP contribution in [0.4, 0.5) is 10.7 Å². The molecule has 10 nitrogen and oxygen atoms in total. The highest BCUT2D eigenvalue weighted by Crippen LogP contribution is 2.42. The van der Waals surface area contributed by atoms with Gasteiger partial charge in [0, 0.05) is 29.8 Å². The van der Waals surface area contributed by atoms with Gasteiger partial charge in [-0.1, -0.05) is 39.0 Å². The molecule has 0 saturated carbocycles. The van der Waals surface area contributed by atoms with Gasteiger partial charge in [-0.25, -0.2) is 21.6 Å². The van der Waals surface area contributed by atoms with Crippen molar-refractivity contribution in [3.05, 3.63) is 52.7 Å². The Bertz CT molecular complexity index is 1430. The van der Waals surface area contributed by atoms with Crippen molar-refractivity contribution in [3.63, 3.8) is 0 Å². The van der Waals surface area contributed by atoms with Gasteiger partial charge in [0.25, 0.3) is 10.0 Å². The number of Topliss-reactive ketones (excluding diaryl/α,β-unsaturated/α-hetero) is 1. The molecule has 1 aromatic heterocycles. The number of fused-ring (bicyclic) bond motifs is 1. The van der Waals surface area contributed by atoms with Crippen molar-refractivity contribution >= 4 is 47.9 Å². The lowest BCUT2D eigenvalue weighted by molar-refractivity contribution is -0.127. The fourth-order valence-electron chi connectivity index (χ4n) is 4.57. The van der Waals surface area contributed by atoms with Crippen LogP contribution in [-0.2, 0) is 31.4 Å². The van der Waals surface area contributed by atoms with Crippen molar-refractivity contribution in [1.29, 1.82) is 0 Å². The average molecular weight is 569 g/mol. The van der Waals surface area contributed by atoms with Gasteiger partial charge in [-0.05, 0) is 36.3 Å². The molecule has 0 spiro atoms. The number of aliphatic hydroxyl groups excluding tert-OH is 1. The van der Waals surface area contributed by atoms with E-state index in [9.17, 15) is 26.7 Å². The lowest BCUT2D eigenvalue weighted by atomic mass is 9.73. The molecular formula is C24H32N4O6S3. The largest absolute Gasteiger partial charge is 0.369 e. The molecule has 0 radical (unpaired) electrons. The summed E-state index contributed by atoms with van der Waals surface area (Å²) in [6, 6.07) is 9.19. The van der Waals surface area contributed by atoms with Gasteiger partial charge in [0.1, 0.15) is 15.7 Å². The number of rotatable bonds is 7. The van der Waals surface area contributed by atoms with Crippen molar-refractivity contribution in [2.24, 2.45) is 11.3 Å². The summed E-state index contributed by atoms with van der Waals surface area (Å²) in [7, 11) is -7.70. The highest BCUT2D eigenvalue weighted by molar-refractivity contribution is 7.90. The Hall–Kier alpha value is -2.45. The number of hydrogen-bond acceptors (Lipinski definition) is 9. The third-order valence-corrected chi connectivity index (χ3v) is 9.80. The Morgan fingerprint density at radius 1 is 1.27 bits per heavy atom. The first kappa shape index (κ1) is 27.6. The van der Waals surface area contributed by atoms with Crippen LogP contribution in [0.3, 0.4) is 0 Å². The predicted molar refractivity (Wildman–Crippen MR) is 144 cm³/mol. The standard InChI is InChI=1S/C24H32N4O6S3/c1-15(2)10-11-24(3)14-28(17-8-6-5-7-9-17)23(30)18(20(24)29)21-26-22-19(37(33,34)27-21)16(13-35-22)12-25-36(4,31)32/h5-9,13,15,23,25-27,30H,10-12,14H2,1-4H3. The number of nitrogens with zero attached hydrogens (tertiary/aromatic N) is 1. The summed E-state index contributed by atoms with van der Waals surface area (Å²) in [6.07, 6.45) is 0.952. The van der Waals surface area contributed by atoms with E-state index in [2.05, 4.69) is 28.6 Å². The van der Waals surface area contributed by atoms with Gasteiger partial charge in [0.15, 0.2) is 12.0 Å². The smallest absolute Gasteiger partial charge is 0.266 e. The van der Waals surface area contributed by atoms with Crippen molar-refractivity contribution in [2.45, 2.75) is 51.3 Å². The van der Waals surface area contributed by atoms with E-state index >= 15 is 0 Å². The van der Waals surface area contributed by atoms with Crippen LogP contribution in [0.25, 0.3) is 0 Å². The maximum Gasteiger partial charge on any atom is 0.266 e. The van der Waals surface area contributed by atoms with Gasteiger partial charge < -0.3 is 15.3 Å². The van der Waals surface area contributed by atoms with Crippen LogP contribution in [0.15, 0.2) is 52.0 Å². The van der Waals surface area contributed by atoms with Crippen LogP contribution >= 0.6 is 11.3 Å². The Kier molecular flexibility index (Phi) is 7.47. The minimum absolute atomic E-state index is 0.0557. The van der Waals surface area contributed by atoms with E-state index in [0.29, 0.717) is 18.0 Å². The van der Waals surface area contributed by atoms with Gasteiger partial charge in [0.05, 0.1) is 11.8 Å². The number of benzene rings is 1. The molecule has 1 fully saturated rings. The molecule has 2 atom stereocenters. The second-order valence-electron chi connectivity index (χ2n) is 10.2. The maximum atomic E-state index is 13.9. The summed E-state index contributed by atoms with van der Waals surface area (Å²) < 4.78 is 54.4. The zero-order chi connectivity index (χ0) is 27.2. The average Bonchev–Trinajstić information content (AvgIpc) is 3.23. The van der Waals surface area contributed by atoms with Gasteiger partial charge in [0.2, 0.25) is 10.0 Å². The lowest BCUT2D eigenvalue weighted by Crippen LogP contribution is -2.56. The zero-order valence-corrected chi connectivity index (χ0v) is 23.6. The number of anilines is 2. The Morgan fingerprint density at radius 3 is 2.57 bits per heavy atom. The topological polar surface area (TPSA) is 145 Å². The van der Waals surface area contributed by atoms with Gasteiger partial charge in [-0.2, -0.15) is 0 Å². The van der Waals surface area contributed by atoms with E-state index in [1.165, 1.54) is 0 Å². The molecule has 1 aromatic carbocycles. The molecule has 13 heteroatoms. The van der Waals surface area contributed by atoms with Crippen molar-refractivity contribution in [3.8, 4) is 0 Å². The molecule has 0 amide bonds. The molecule has 4 N–H and O–H groups in total. The molecule has 202 valence electrons. The third-order valence-electron chi connectivity index (χ3n) is 6.58. The number of nitrogens with one attached hydrogen (secondary N) is 3. The molecule has 2 aromatic rings. The van der Waals surface area contributed by atoms with Crippen LogP contribution in [0.1, 0.15) is 39.2 Å². The Balaban J connectivity index is 1.79. The molecule has 3 heterocycles. The Morgan fingerprint density at radius 2 is 1.95 bits per heavy atom.